The number of alkyl halides is 4. The minimum Gasteiger partial charge on any atom is -0.310 e. The van der Waals surface area contributed by atoms with E-state index < -0.39 is 11.7 Å². The van der Waals surface area contributed by atoms with Crippen LogP contribution >= 0.6 is 11.6 Å². The maximum atomic E-state index is 12.5. The Bertz CT molecular complexity index is 377. The van der Waals surface area contributed by atoms with Gasteiger partial charge in [-0.3, -0.25) is 0 Å². The zero-order valence-electron chi connectivity index (χ0n) is 10.4. The Balaban J connectivity index is 2.58. The van der Waals surface area contributed by atoms with Gasteiger partial charge in [-0.05, 0) is 31.9 Å². The normalized spacial score (nSPS) is 15.4. The summed E-state index contributed by atoms with van der Waals surface area (Å²) in [5.74, 6) is 0. The van der Waals surface area contributed by atoms with Gasteiger partial charge in [-0.1, -0.05) is 18.2 Å². The molecule has 0 aliphatic carbocycles. The van der Waals surface area contributed by atoms with Crippen molar-refractivity contribution in [2.24, 2.45) is 0 Å². The SMILES string of the molecule is CC(Cl)CC(C)NCc1cccc(C(F)(F)F)c1. The number of benzene rings is 1. The van der Waals surface area contributed by atoms with Gasteiger partial charge >= 0.3 is 6.18 Å². The van der Waals surface area contributed by atoms with Crippen molar-refractivity contribution in [3.8, 4) is 0 Å². The quantitative estimate of drug-likeness (QED) is 0.797. The van der Waals surface area contributed by atoms with Crippen molar-refractivity contribution >= 4 is 11.6 Å². The van der Waals surface area contributed by atoms with Crippen LogP contribution in [0.15, 0.2) is 24.3 Å². The van der Waals surface area contributed by atoms with Crippen LogP contribution in [0.25, 0.3) is 0 Å². The lowest BCUT2D eigenvalue weighted by molar-refractivity contribution is -0.137. The molecular formula is C13H17ClF3N. The molecule has 1 aromatic carbocycles. The van der Waals surface area contributed by atoms with Crippen LogP contribution in [0.4, 0.5) is 13.2 Å². The highest BCUT2D eigenvalue weighted by Gasteiger charge is 2.30. The smallest absolute Gasteiger partial charge is 0.310 e. The number of nitrogens with one attached hydrogen (secondary N) is 1. The van der Waals surface area contributed by atoms with Crippen molar-refractivity contribution in [3.63, 3.8) is 0 Å². The highest BCUT2D eigenvalue weighted by Crippen LogP contribution is 2.29. The standard InChI is InChI=1S/C13H17ClF3N/c1-9(14)6-10(2)18-8-11-4-3-5-12(7-11)13(15,16)17/h3-5,7,9-10,18H,6,8H2,1-2H3. The molecule has 18 heavy (non-hydrogen) atoms. The summed E-state index contributed by atoms with van der Waals surface area (Å²) in [4.78, 5) is 0. The molecule has 2 unspecified atom stereocenters. The zero-order chi connectivity index (χ0) is 13.8. The van der Waals surface area contributed by atoms with Crippen molar-refractivity contribution in [1.82, 2.24) is 5.32 Å². The van der Waals surface area contributed by atoms with Gasteiger partial charge in [-0.25, -0.2) is 0 Å². The third-order valence-corrected chi connectivity index (χ3v) is 2.77. The highest BCUT2D eigenvalue weighted by molar-refractivity contribution is 6.20. The number of rotatable bonds is 5. The van der Waals surface area contributed by atoms with Gasteiger partial charge in [0, 0.05) is 18.0 Å². The van der Waals surface area contributed by atoms with Crippen LogP contribution in [-0.4, -0.2) is 11.4 Å². The summed E-state index contributed by atoms with van der Waals surface area (Å²) in [7, 11) is 0. The first-order chi connectivity index (χ1) is 8.29. The lowest BCUT2D eigenvalue weighted by Crippen LogP contribution is -2.27. The monoisotopic (exact) mass is 279 g/mol. The Morgan fingerprint density at radius 1 is 1.28 bits per heavy atom. The fraction of sp³-hybridized carbons (Fsp3) is 0.538. The Labute approximate surface area is 110 Å². The van der Waals surface area contributed by atoms with E-state index in [0.29, 0.717) is 12.1 Å². The summed E-state index contributed by atoms with van der Waals surface area (Å²) in [5.41, 5.74) is 0.0130. The lowest BCUT2D eigenvalue weighted by atomic mass is 10.1. The molecule has 0 spiro atoms. The molecule has 0 amide bonds. The fourth-order valence-electron chi connectivity index (χ4n) is 1.72. The predicted octanol–water partition coefficient (Wildman–Crippen LogP) is 4.20. The van der Waals surface area contributed by atoms with E-state index in [0.717, 1.165) is 12.5 Å². The van der Waals surface area contributed by atoms with Gasteiger partial charge in [0.05, 0.1) is 5.56 Å². The van der Waals surface area contributed by atoms with E-state index in [-0.39, 0.29) is 11.4 Å². The average molecular weight is 280 g/mol. The highest BCUT2D eigenvalue weighted by atomic mass is 35.5. The van der Waals surface area contributed by atoms with Gasteiger partial charge in [0.25, 0.3) is 0 Å². The molecule has 2 atom stereocenters. The molecule has 1 aromatic rings. The molecule has 0 aliphatic rings. The van der Waals surface area contributed by atoms with Gasteiger partial charge in [0.2, 0.25) is 0 Å². The molecule has 0 saturated heterocycles. The van der Waals surface area contributed by atoms with E-state index in [1.54, 1.807) is 6.07 Å². The van der Waals surface area contributed by atoms with Gasteiger partial charge in [0.1, 0.15) is 0 Å². The molecule has 0 fully saturated rings. The molecule has 0 radical (unpaired) electrons. The minimum atomic E-state index is -4.29. The summed E-state index contributed by atoms with van der Waals surface area (Å²) in [6, 6.07) is 5.53. The molecule has 5 heteroatoms. The topological polar surface area (TPSA) is 12.0 Å². The van der Waals surface area contributed by atoms with Crippen molar-refractivity contribution in [1.29, 1.82) is 0 Å². The van der Waals surface area contributed by atoms with Gasteiger partial charge < -0.3 is 5.32 Å². The Morgan fingerprint density at radius 2 is 1.94 bits per heavy atom. The van der Waals surface area contributed by atoms with Gasteiger partial charge in [-0.15, -0.1) is 11.6 Å². The molecule has 0 aromatic heterocycles. The second-order valence-electron chi connectivity index (χ2n) is 4.50. The van der Waals surface area contributed by atoms with Crippen molar-refractivity contribution in [2.45, 2.75) is 44.4 Å². The van der Waals surface area contributed by atoms with E-state index in [1.165, 1.54) is 12.1 Å². The first kappa shape index (κ1) is 15.3. The minimum absolute atomic E-state index is 0.0500. The van der Waals surface area contributed by atoms with E-state index >= 15 is 0 Å². The van der Waals surface area contributed by atoms with E-state index in [1.807, 2.05) is 13.8 Å². The molecule has 0 bridgehead atoms. The van der Waals surface area contributed by atoms with Crippen LogP contribution in [0.3, 0.4) is 0 Å². The summed E-state index contributed by atoms with van der Waals surface area (Å²) >= 11 is 5.85. The zero-order valence-corrected chi connectivity index (χ0v) is 11.1. The van der Waals surface area contributed by atoms with Crippen LogP contribution in [0.1, 0.15) is 31.4 Å². The summed E-state index contributed by atoms with van der Waals surface area (Å²) in [6.07, 6.45) is -3.51. The van der Waals surface area contributed by atoms with E-state index in [2.05, 4.69) is 5.32 Å². The first-order valence-electron chi connectivity index (χ1n) is 5.82. The van der Waals surface area contributed by atoms with Crippen molar-refractivity contribution in [2.75, 3.05) is 0 Å². The summed E-state index contributed by atoms with van der Waals surface area (Å²) in [6.45, 7) is 4.27. The molecule has 0 heterocycles. The second kappa shape index (κ2) is 6.43. The maximum absolute atomic E-state index is 12.5. The Morgan fingerprint density at radius 3 is 2.50 bits per heavy atom. The molecule has 1 rings (SSSR count). The van der Waals surface area contributed by atoms with Crippen LogP contribution in [-0.2, 0) is 12.7 Å². The third kappa shape index (κ3) is 5.27. The Kier molecular flexibility index (Phi) is 5.47. The first-order valence-corrected chi connectivity index (χ1v) is 6.26. The van der Waals surface area contributed by atoms with Crippen LogP contribution in [0, 0.1) is 0 Å². The molecular weight excluding hydrogens is 263 g/mol. The van der Waals surface area contributed by atoms with E-state index in [9.17, 15) is 13.2 Å². The van der Waals surface area contributed by atoms with Crippen LogP contribution < -0.4 is 5.32 Å². The molecule has 102 valence electrons. The largest absolute Gasteiger partial charge is 0.416 e. The van der Waals surface area contributed by atoms with Gasteiger partial charge in [-0.2, -0.15) is 13.2 Å². The van der Waals surface area contributed by atoms with Gasteiger partial charge in [0.15, 0.2) is 0 Å². The van der Waals surface area contributed by atoms with Crippen LogP contribution in [0.2, 0.25) is 0 Å². The maximum Gasteiger partial charge on any atom is 0.416 e. The predicted molar refractivity (Wildman–Crippen MR) is 67.7 cm³/mol. The second-order valence-corrected chi connectivity index (χ2v) is 5.24. The number of hydrogen-bond donors (Lipinski definition) is 1. The van der Waals surface area contributed by atoms with Crippen molar-refractivity contribution < 1.29 is 13.2 Å². The van der Waals surface area contributed by atoms with Crippen LogP contribution in [0.5, 0.6) is 0 Å². The Hall–Kier alpha value is -0.740. The average Bonchev–Trinajstić information content (AvgIpc) is 2.25. The molecule has 0 saturated carbocycles. The number of hydrogen-bond acceptors (Lipinski definition) is 1. The lowest BCUT2D eigenvalue weighted by Gasteiger charge is -2.15. The molecule has 1 N–H and O–H groups in total. The third-order valence-electron chi connectivity index (χ3n) is 2.59. The summed E-state index contributed by atoms with van der Waals surface area (Å²) < 4.78 is 37.5. The molecule has 1 nitrogen and oxygen atoms in total. The molecule has 0 aliphatic heterocycles. The number of halogens is 4. The fourth-order valence-corrected chi connectivity index (χ4v) is 1.99. The van der Waals surface area contributed by atoms with E-state index in [4.69, 9.17) is 11.6 Å². The van der Waals surface area contributed by atoms with Crippen molar-refractivity contribution in [3.05, 3.63) is 35.4 Å². The summed E-state index contributed by atoms with van der Waals surface area (Å²) in [5, 5.41) is 3.21.